The van der Waals surface area contributed by atoms with E-state index in [1.807, 2.05) is 0 Å². The summed E-state index contributed by atoms with van der Waals surface area (Å²) in [6.07, 6.45) is -2.00. The number of carbonyl (C=O) groups is 4. The molecule has 1 aliphatic heterocycles. The van der Waals surface area contributed by atoms with Gasteiger partial charge in [0, 0.05) is 12.1 Å². The van der Waals surface area contributed by atoms with E-state index in [2.05, 4.69) is 5.32 Å². The highest BCUT2D eigenvalue weighted by molar-refractivity contribution is 8.14. The molecule has 1 heterocycles. The van der Waals surface area contributed by atoms with Crippen LogP contribution in [-0.2, 0) is 30.5 Å². The van der Waals surface area contributed by atoms with Crippen LogP contribution in [0.15, 0.2) is 54.6 Å². The average molecular weight is 503 g/mol. The first-order valence-corrected chi connectivity index (χ1v) is 11.2. The number of ether oxygens (including phenoxy) is 2. The number of nitro benzene ring substituents is 1. The van der Waals surface area contributed by atoms with Gasteiger partial charge >= 0.3 is 5.97 Å². The maximum absolute atomic E-state index is 12.2. The van der Waals surface area contributed by atoms with Crippen LogP contribution < -0.4 is 10.1 Å². The number of para-hydroxylation sites is 1. The first-order valence-electron chi connectivity index (χ1n) is 10.3. The summed E-state index contributed by atoms with van der Waals surface area (Å²) in [7, 11) is 0. The third-order valence-corrected chi connectivity index (χ3v) is 5.83. The van der Waals surface area contributed by atoms with Crippen molar-refractivity contribution in [2.45, 2.75) is 24.6 Å². The molecule has 3 rings (SSSR count). The summed E-state index contributed by atoms with van der Waals surface area (Å²) in [5, 5.41) is 22.0. The van der Waals surface area contributed by atoms with E-state index in [-0.39, 0.29) is 31.9 Å². The van der Waals surface area contributed by atoms with Crippen molar-refractivity contribution >= 4 is 40.3 Å². The van der Waals surface area contributed by atoms with E-state index in [0.29, 0.717) is 23.1 Å². The lowest BCUT2D eigenvalue weighted by Gasteiger charge is -2.41. The van der Waals surface area contributed by atoms with Crippen molar-refractivity contribution in [1.29, 1.82) is 0 Å². The summed E-state index contributed by atoms with van der Waals surface area (Å²) in [6.45, 7) is -0.889. The fraction of sp³-hybridized carbons (Fsp3) is 0.273. The predicted octanol–water partition coefficient (Wildman–Crippen LogP) is 0.970. The van der Waals surface area contributed by atoms with Gasteiger partial charge in [-0.05, 0) is 29.8 Å². The van der Waals surface area contributed by atoms with Crippen molar-refractivity contribution in [3.63, 3.8) is 0 Å². The lowest BCUT2D eigenvalue weighted by molar-refractivity contribution is -0.384. The molecule has 2 N–H and O–H groups in total. The van der Waals surface area contributed by atoms with Crippen LogP contribution in [0.2, 0.25) is 0 Å². The number of aliphatic hydroxyl groups is 1. The number of aliphatic hydroxyl groups excluding tert-OH is 1. The number of hydrogen-bond acceptors (Lipinski definition) is 10. The first-order chi connectivity index (χ1) is 16.7. The number of esters is 1. The molecule has 2 atom stereocenters. The fourth-order valence-corrected chi connectivity index (χ4v) is 3.96. The van der Waals surface area contributed by atoms with E-state index in [1.54, 1.807) is 30.3 Å². The van der Waals surface area contributed by atoms with Gasteiger partial charge in [-0.1, -0.05) is 30.0 Å². The Morgan fingerprint density at radius 2 is 1.86 bits per heavy atom. The van der Waals surface area contributed by atoms with Crippen LogP contribution in [0.25, 0.3) is 0 Å². The molecule has 1 saturated heterocycles. The second kappa shape index (κ2) is 11.9. The Balaban J connectivity index is 1.41. The van der Waals surface area contributed by atoms with E-state index >= 15 is 0 Å². The zero-order chi connectivity index (χ0) is 25.4. The van der Waals surface area contributed by atoms with E-state index in [1.165, 1.54) is 24.3 Å². The highest BCUT2D eigenvalue weighted by atomic mass is 32.2. The predicted molar refractivity (Wildman–Crippen MR) is 122 cm³/mol. The second-order valence-electron chi connectivity index (χ2n) is 7.23. The van der Waals surface area contributed by atoms with Gasteiger partial charge in [0.05, 0.1) is 23.3 Å². The Morgan fingerprint density at radius 3 is 2.49 bits per heavy atom. The molecule has 0 bridgehead atoms. The Morgan fingerprint density at radius 1 is 1.17 bits per heavy atom. The van der Waals surface area contributed by atoms with Gasteiger partial charge in [0.15, 0.2) is 6.61 Å². The van der Waals surface area contributed by atoms with E-state index in [9.17, 15) is 34.4 Å². The van der Waals surface area contributed by atoms with Crippen LogP contribution in [0, 0.1) is 10.1 Å². The minimum absolute atomic E-state index is 0.0752. The van der Waals surface area contributed by atoms with Crippen molar-refractivity contribution in [2.75, 3.05) is 13.2 Å². The van der Waals surface area contributed by atoms with Crippen molar-refractivity contribution in [1.82, 2.24) is 10.2 Å². The molecule has 0 spiro atoms. The van der Waals surface area contributed by atoms with Crippen LogP contribution in [0.4, 0.5) is 5.69 Å². The van der Waals surface area contributed by atoms with Gasteiger partial charge in [0.2, 0.25) is 17.3 Å². The maximum atomic E-state index is 12.2. The van der Waals surface area contributed by atoms with E-state index < -0.39 is 39.4 Å². The number of rotatable bonds is 11. The second-order valence-corrected chi connectivity index (χ2v) is 8.47. The van der Waals surface area contributed by atoms with Gasteiger partial charge in [0.1, 0.15) is 12.4 Å². The number of likely N-dealkylation sites (tertiary alicyclic amines) is 1. The summed E-state index contributed by atoms with van der Waals surface area (Å²) in [6, 6.07) is 13.9. The van der Waals surface area contributed by atoms with Gasteiger partial charge in [-0.15, -0.1) is 0 Å². The highest BCUT2D eigenvalue weighted by Crippen LogP contribution is 2.31. The van der Waals surface area contributed by atoms with Gasteiger partial charge in [-0.2, -0.15) is 0 Å². The van der Waals surface area contributed by atoms with Crippen molar-refractivity contribution < 1.29 is 38.7 Å². The number of non-ortho nitro benzene ring substituents is 1. The minimum Gasteiger partial charge on any atom is -0.484 e. The monoisotopic (exact) mass is 503 g/mol. The molecule has 2 amide bonds. The number of benzene rings is 2. The van der Waals surface area contributed by atoms with E-state index in [0.717, 1.165) is 4.90 Å². The number of nitrogens with one attached hydrogen (secondary N) is 1. The molecular formula is C22H21N3O9S. The van der Waals surface area contributed by atoms with Crippen molar-refractivity contribution in [3.8, 4) is 5.75 Å². The molecule has 2 aromatic rings. The number of thioether (sulfide) groups is 1. The topological polar surface area (TPSA) is 165 Å². The third-order valence-electron chi connectivity index (χ3n) is 4.76. The summed E-state index contributed by atoms with van der Waals surface area (Å²) in [5.41, 5.74) is 0.315. The van der Waals surface area contributed by atoms with Crippen LogP contribution in [0.3, 0.4) is 0 Å². The molecule has 1 unspecified atom stereocenters. The number of nitrogens with zero attached hydrogens (tertiary/aromatic N) is 2. The summed E-state index contributed by atoms with van der Waals surface area (Å²) >= 11 is 0.698. The smallest absolute Gasteiger partial charge is 0.356 e. The third kappa shape index (κ3) is 7.25. The van der Waals surface area contributed by atoms with E-state index in [4.69, 9.17) is 9.47 Å². The Hall–Kier alpha value is -3.97. The first kappa shape index (κ1) is 25.6. The zero-order valence-electron chi connectivity index (χ0n) is 18.2. The zero-order valence-corrected chi connectivity index (χ0v) is 19.0. The van der Waals surface area contributed by atoms with Crippen molar-refractivity contribution in [2.24, 2.45) is 0 Å². The molecule has 13 heteroatoms. The Labute approximate surface area is 203 Å². The molecule has 1 fully saturated rings. The van der Waals surface area contributed by atoms with Crippen LogP contribution >= 0.6 is 11.8 Å². The fourth-order valence-electron chi connectivity index (χ4n) is 2.93. The number of carbonyl (C=O) groups excluding carboxylic acids is 4. The molecule has 1 aliphatic rings. The standard InChI is InChI=1S/C22H21N3O9S/c26-17(13-33-16-4-2-1-3-5-16)23-11-20(28)35-19-10-18(27)24(19)21(29)22(30)34-12-14-6-8-15(9-7-14)25(31)32/h1-9,19,21,29H,10-13H2,(H,23,26)/t19-,21?/m1/s1. The molecule has 2 aromatic carbocycles. The Kier molecular flexibility index (Phi) is 8.75. The van der Waals surface area contributed by atoms with Crippen LogP contribution in [-0.4, -0.2) is 62.6 Å². The summed E-state index contributed by atoms with van der Waals surface area (Å²) in [5.74, 6) is -1.67. The Bertz CT molecular complexity index is 1100. The van der Waals surface area contributed by atoms with Gasteiger partial charge < -0.3 is 19.9 Å². The van der Waals surface area contributed by atoms with Crippen LogP contribution in [0.1, 0.15) is 12.0 Å². The normalized spacial score (nSPS) is 15.5. The quantitative estimate of drug-likeness (QED) is 0.195. The molecule has 0 saturated carbocycles. The molecule has 184 valence electrons. The number of hydrogen-bond donors (Lipinski definition) is 2. The maximum Gasteiger partial charge on any atom is 0.356 e. The van der Waals surface area contributed by atoms with Gasteiger partial charge in [0.25, 0.3) is 11.6 Å². The van der Waals surface area contributed by atoms with Gasteiger partial charge in [-0.3, -0.25) is 29.4 Å². The molecule has 12 nitrogen and oxygen atoms in total. The minimum atomic E-state index is -1.92. The largest absolute Gasteiger partial charge is 0.484 e. The highest BCUT2D eigenvalue weighted by Gasteiger charge is 2.45. The molecule has 0 aromatic heterocycles. The molecule has 35 heavy (non-hydrogen) atoms. The van der Waals surface area contributed by atoms with Gasteiger partial charge in [-0.25, -0.2) is 4.79 Å². The molecule has 0 aliphatic carbocycles. The van der Waals surface area contributed by atoms with Crippen LogP contribution in [0.5, 0.6) is 5.75 Å². The van der Waals surface area contributed by atoms with Crippen molar-refractivity contribution in [3.05, 3.63) is 70.3 Å². The SMILES string of the molecule is O=C(COc1ccccc1)NCC(=O)S[C@@H]1CC(=O)N1C(O)C(=O)OCc1ccc([N+](=O)[O-])cc1. The molecular weight excluding hydrogens is 482 g/mol. The molecule has 0 radical (unpaired) electrons. The summed E-state index contributed by atoms with van der Waals surface area (Å²) in [4.78, 5) is 59.0. The lowest BCUT2D eigenvalue weighted by Crippen LogP contribution is -2.59. The average Bonchev–Trinajstić information content (AvgIpc) is 2.85. The number of nitro groups is 1. The number of β-lactam (4-membered cyclic amide) rings is 1. The number of amides is 2. The lowest BCUT2D eigenvalue weighted by atomic mass is 10.2. The summed E-state index contributed by atoms with van der Waals surface area (Å²) < 4.78 is 10.2.